The topological polar surface area (TPSA) is 44.5 Å². The molecule has 0 spiro atoms. The van der Waals surface area contributed by atoms with Crippen LogP contribution in [0.3, 0.4) is 0 Å². The molecule has 1 saturated heterocycles. The van der Waals surface area contributed by atoms with E-state index in [-0.39, 0.29) is 18.3 Å². The fourth-order valence-corrected chi connectivity index (χ4v) is 2.22. The summed E-state index contributed by atoms with van der Waals surface area (Å²) < 4.78 is 11.8. The van der Waals surface area contributed by atoms with Crippen LogP contribution in [0.2, 0.25) is 0 Å². The molecule has 2 fully saturated rings. The quantitative estimate of drug-likeness (QED) is 0.612. The van der Waals surface area contributed by atoms with Gasteiger partial charge in [-0.15, -0.1) is 0 Å². The molecule has 0 bridgehead atoms. The van der Waals surface area contributed by atoms with Crippen molar-refractivity contribution < 1.29 is 9.31 Å². The molecular weight excluding hydrogens is 225 g/mol. The third-order valence-electron chi connectivity index (χ3n) is 3.61. The Balaban J connectivity index is 0.000000367. The van der Waals surface area contributed by atoms with E-state index in [4.69, 9.17) is 15.0 Å². The maximum atomic E-state index is 5.89. The van der Waals surface area contributed by atoms with Gasteiger partial charge in [-0.2, -0.15) is 0 Å². The lowest BCUT2D eigenvalue weighted by atomic mass is 9.79. The molecule has 1 aliphatic carbocycles. The van der Waals surface area contributed by atoms with Gasteiger partial charge < -0.3 is 15.0 Å². The lowest BCUT2D eigenvalue weighted by Crippen LogP contribution is -2.35. The van der Waals surface area contributed by atoms with Gasteiger partial charge in [0.2, 0.25) is 0 Å². The van der Waals surface area contributed by atoms with Crippen molar-refractivity contribution in [3.63, 3.8) is 0 Å². The smallest absolute Gasteiger partial charge is 0.399 e. The largest absolute Gasteiger partial charge is 0.494 e. The molecule has 1 aliphatic heterocycles. The minimum atomic E-state index is -0.227. The Morgan fingerprint density at radius 1 is 1.11 bits per heavy atom. The first-order chi connectivity index (χ1) is 8.44. The predicted molar refractivity (Wildman–Crippen MR) is 75.8 cm³/mol. The Bertz CT molecular complexity index is 406. The molecule has 0 aromatic heterocycles. The molecule has 3 nitrogen and oxygen atoms in total. The first-order valence-corrected chi connectivity index (χ1v) is 6.65. The molecule has 4 heteroatoms. The molecule has 98 valence electrons. The van der Waals surface area contributed by atoms with E-state index >= 15 is 0 Å². The number of benzene rings is 1. The van der Waals surface area contributed by atoms with E-state index in [1.165, 1.54) is 6.42 Å². The van der Waals surface area contributed by atoms with Gasteiger partial charge in [0, 0.05) is 12.1 Å². The van der Waals surface area contributed by atoms with Crippen LogP contribution >= 0.6 is 0 Å². The first kappa shape index (κ1) is 13.4. The van der Waals surface area contributed by atoms with Gasteiger partial charge in [-0.3, -0.25) is 0 Å². The van der Waals surface area contributed by atoms with E-state index in [0.717, 1.165) is 17.6 Å². The van der Waals surface area contributed by atoms with Crippen molar-refractivity contribution in [1.82, 2.24) is 0 Å². The number of nitrogens with two attached hydrogens (primary N) is 1. The molecule has 1 heterocycles. The average Bonchev–Trinajstić information content (AvgIpc) is 2.70. The van der Waals surface area contributed by atoms with Crippen molar-refractivity contribution >= 4 is 18.3 Å². The standard InChI is InChI=1S/C11H14BNO2.C3H8/c1-10-7-11(10,2)15-12(14-10)8-3-5-9(13)6-4-8;1-3-2/h3-6H,7,13H2,1-2H3;3H2,1-2H3. The summed E-state index contributed by atoms with van der Waals surface area (Å²) in [6, 6.07) is 7.66. The highest BCUT2D eigenvalue weighted by atomic mass is 16.7. The Labute approximate surface area is 110 Å². The molecule has 2 N–H and O–H groups in total. The van der Waals surface area contributed by atoms with Crippen molar-refractivity contribution in [1.29, 1.82) is 0 Å². The molecule has 0 amide bonds. The Hall–Kier alpha value is -0.995. The van der Waals surface area contributed by atoms with Crippen molar-refractivity contribution in [2.24, 2.45) is 0 Å². The van der Waals surface area contributed by atoms with Crippen LogP contribution in [0.15, 0.2) is 24.3 Å². The molecule has 1 aromatic rings. The minimum absolute atomic E-state index is 0.0843. The number of hydrogen-bond acceptors (Lipinski definition) is 3. The van der Waals surface area contributed by atoms with Crippen LogP contribution in [0.5, 0.6) is 0 Å². The van der Waals surface area contributed by atoms with Crippen LogP contribution in [-0.2, 0) is 9.31 Å². The monoisotopic (exact) mass is 247 g/mol. The molecule has 2 atom stereocenters. The maximum Gasteiger partial charge on any atom is 0.494 e. The van der Waals surface area contributed by atoms with Gasteiger partial charge in [0.05, 0.1) is 11.2 Å². The minimum Gasteiger partial charge on any atom is -0.399 e. The molecule has 2 aliphatic rings. The zero-order valence-electron chi connectivity index (χ0n) is 11.7. The van der Waals surface area contributed by atoms with E-state index in [9.17, 15) is 0 Å². The second-order valence-electron chi connectivity index (χ2n) is 5.58. The van der Waals surface area contributed by atoms with Gasteiger partial charge >= 0.3 is 7.12 Å². The molecular formula is C14H22BNO2. The molecule has 1 aromatic carbocycles. The molecule has 2 unspecified atom stereocenters. The summed E-state index contributed by atoms with van der Waals surface area (Å²) in [4.78, 5) is 0. The number of hydrogen-bond donors (Lipinski definition) is 1. The summed E-state index contributed by atoms with van der Waals surface area (Å²) in [7, 11) is -0.227. The Kier molecular flexibility index (Phi) is 3.43. The Morgan fingerprint density at radius 2 is 1.56 bits per heavy atom. The lowest BCUT2D eigenvalue weighted by molar-refractivity contribution is 0.187. The lowest BCUT2D eigenvalue weighted by Gasteiger charge is -2.10. The number of fused-ring (bicyclic) bond motifs is 1. The van der Waals surface area contributed by atoms with E-state index in [0.29, 0.717) is 0 Å². The van der Waals surface area contributed by atoms with Crippen LogP contribution < -0.4 is 11.2 Å². The highest BCUT2D eigenvalue weighted by molar-refractivity contribution is 6.62. The van der Waals surface area contributed by atoms with Crippen molar-refractivity contribution in [3.8, 4) is 0 Å². The van der Waals surface area contributed by atoms with Crippen LogP contribution in [0.25, 0.3) is 0 Å². The zero-order chi connectivity index (χ0) is 13.4. The second-order valence-corrected chi connectivity index (χ2v) is 5.58. The second kappa shape index (κ2) is 4.59. The van der Waals surface area contributed by atoms with Crippen molar-refractivity contribution in [2.75, 3.05) is 5.73 Å². The van der Waals surface area contributed by atoms with E-state index in [1.54, 1.807) is 0 Å². The van der Waals surface area contributed by atoms with Gasteiger partial charge in [0.1, 0.15) is 0 Å². The van der Waals surface area contributed by atoms with Crippen LogP contribution in [0.4, 0.5) is 5.69 Å². The molecule has 18 heavy (non-hydrogen) atoms. The number of anilines is 1. The summed E-state index contributed by atoms with van der Waals surface area (Å²) in [5.41, 5.74) is 7.27. The Morgan fingerprint density at radius 3 is 2.00 bits per heavy atom. The van der Waals surface area contributed by atoms with E-state index in [2.05, 4.69) is 27.7 Å². The summed E-state index contributed by atoms with van der Waals surface area (Å²) in [6.45, 7) is 8.45. The highest BCUT2D eigenvalue weighted by Gasteiger charge is 2.71. The van der Waals surface area contributed by atoms with Gasteiger partial charge in [0.25, 0.3) is 0 Å². The average molecular weight is 247 g/mol. The SMILES string of the molecule is CC12CC1(C)OB(c1ccc(N)cc1)O2.CCC. The number of nitrogen functional groups attached to an aromatic ring is 1. The molecule has 0 radical (unpaired) electrons. The summed E-state index contributed by atoms with van der Waals surface area (Å²) in [6.07, 6.45) is 2.24. The highest BCUT2D eigenvalue weighted by Crippen LogP contribution is 2.58. The molecule has 1 saturated carbocycles. The van der Waals surface area contributed by atoms with Crippen LogP contribution in [0.1, 0.15) is 40.5 Å². The molecule has 3 rings (SSSR count). The first-order valence-electron chi connectivity index (χ1n) is 6.65. The van der Waals surface area contributed by atoms with Gasteiger partial charge in [-0.25, -0.2) is 0 Å². The van der Waals surface area contributed by atoms with Crippen molar-refractivity contribution in [2.45, 2.75) is 51.7 Å². The number of rotatable bonds is 1. The summed E-state index contributed by atoms with van der Waals surface area (Å²) >= 11 is 0. The fourth-order valence-electron chi connectivity index (χ4n) is 2.22. The third-order valence-corrected chi connectivity index (χ3v) is 3.61. The van der Waals surface area contributed by atoms with E-state index < -0.39 is 0 Å². The normalized spacial score (nSPS) is 32.6. The zero-order valence-corrected chi connectivity index (χ0v) is 11.7. The van der Waals surface area contributed by atoms with Gasteiger partial charge in [-0.05, 0) is 31.4 Å². The summed E-state index contributed by atoms with van der Waals surface area (Å²) in [5, 5.41) is 0. The van der Waals surface area contributed by atoms with Crippen LogP contribution in [0, 0.1) is 0 Å². The predicted octanol–water partition coefficient (Wildman–Crippen LogP) is 2.35. The van der Waals surface area contributed by atoms with E-state index in [1.807, 2.05) is 24.3 Å². The fraction of sp³-hybridized carbons (Fsp3) is 0.571. The van der Waals surface area contributed by atoms with Gasteiger partial charge in [0.15, 0.2) is 0 Å². The van der Waals surface area contributed by atoms with Crippen LogP contribution in [-0.4, -0.2) is 18.3 Å². The maximum absolute atomic E-state index is 5.89. The van der Waals surface area contributed by atoms with Gasteiger partial charge in [-0.1, -0.05) is 32.4 Å². The summed E-state index contributed by atoms with van der Waals surface area (Å²) in [5.74, 6) is 0. The van der Waals surface area contributed by atoms with Crippen molar-refractivity contribution in [3.05, 3.63) is 24.3 Å². The third kappa shape index (κ3) is 2.27.